The number of aromatic nitrogens is 1. The second-order valence-electron chi connectivity index (χ2n) is 5.45. The van der Waals surface area contributed by atoms with Gasteiger partial charge in [-0.05, 0) is 38.1 Å². The Morgan fingerprint density at radius 1 is 1.24 bits per heavy atom. The van der Waals surface area contributed by atoms with E-state index in [9.17, 15) is 0 Å². The van der Waals surface area contributed by atoms with Gasteiger partial charge in [-0.1, -0.05) is 24.3 Å². The highest BCUT2D eigenvalue weighted by Crippen LogP contribution is 2.16. The average Bonchev–Trinajstić information content (AvgIpc) is 2.56. The van der Waals surface area contributed by atoms with E-state index in [1.807, 2.05) is 30.5 Å². The van der Waals surface area contributed by atoms with E-state index in [0.717, 1.165) is 48.1 Å². The van der Waals surface area contributed by atoms with Crippen LogP contribution in [0.25, 0.3) is 16.5 Å². The predicted octanol–water partition coefficient (Wildman–Crippen LogP) is 1.88. The topological polar surface area (TPSA) is 63.0 Å². The van der Waals surface area contributed by atoms with E-state index in [2.05, 4.69) is 22.8 Å². The molecule has 1 saturated heterocycles. The minimum atomic E-state index is 0.489. The molecule has 0 unspecified atom stereocenters. The molecule has 1 fully saturated rings. The summed E-state index contributed by atoms with van der Waals surface area (Å²) in [5, 5.41) is 8.02. The van der Waals surface area contributed by atoms with E-state index in [1.165, 1.54) is 0 Å². The Labute approximate surface area is 125 Å². The number of nitrogens with one attached hydrogen (secondary N) is 2. The number of fused-ring (bicyclic) bond motifs is 1. The van der Waals surface area contributed by atoms with Crippen LogP contribution in [0, 0.1) is 0 Å². The Bertz CT molecular complexity index is 629. The monoisotopic (exact) mass is 282 g/mol. The van der Waals surface area contributed by atoms with E-state index in [-0.39, 0.29) is 0 Å². The first-order valence-corrected chi connectivity index (χ1v) is 7.59. The number of hydrogen-bond acceptors (Lipinski definition) is 4. The Kier molecular flexibility index (Phi) is 4.48. The molecular formula is C17H22N4. The molecule has 4 heteroatoms. The Hall–Kier alpha value is -1.91. The largest absolute Gasteiger partial charge is 0.388 e. The van der Waals surface area contributed by atoms with Crippen LogP contribution in [0.3, 0.4) is 0 Å². The molecule has 0 atom stereocenters. The first kappa shape index (κ1) is 14.0. The van der Waals surface area contributed by atoms with Crippen molar-refractivity contribution in [2.75, 3.05) is 19.6 Å². The zero-order chi connectivity index (χ0) is 14.5. The average molecular weight is 282 g/mol. The van der Waals surface area contributed by atoms with E-state index >= 15 is 0 Å². The van der Waals surface area contributed by atoms with Gasteiger partial charge in [0.05, 0.1) is 11.2 Å². The van der Waals surface area contributed by atoms with Crippen molar-refractivity contribution in [3.63, 3.8) is 0 Å². The lowest BCUT2D eigenvalue weighted by molar-refractivity contribution is 0.420. The fourth-order valence-electron chi connectivity index (χ4n) is 2.69. The van der Waals surface area contributed by atoms with Crippen LogP contribution < -0.4 is 16.4 Å². The number of piperidine rings is 1. The Morgan fingerprint density at radius 2 is 2.05 bits per heavy atom. The van der Waals surface area contributed by atoms with Crippen LogP contribution in [-0.4, -0.2) is 30.7 Å². The fraction of sp³-hybridized carbons (Fsp3) is 0.353. The third-order valence-corrected chi connectivity index (χ3v) is 3.98. The molecule has 0 saturated carbocycles. The zero-order valence-electron chi connectivity index (χ0n) is 12.2. The van der Waals surface area contributed by atoms with Crippen molar-refractivity contribution in [2.24, 2.45) is 5.73 Å². The van der Waals surface area contributed by atoms with E-state index in [1.54, 1.807) is 0 Å². The molecule has 4 N–H and O–H groups in total. The van der Waals surface area contributed by atoms with E-state index in [4.69, 9.17) is 10.7 Å². The minimum Gasteiger partial charge on any atom is -0.388 e. The third kappa shape index (κ3) is 3.40. The summed E-state index contributed by atoms with van der Waals surface area (Å²) in [6.45, 7) is 2.65. The standard InChI is InChI=1S/C17H22N4/c18-11-14(12-20-15-7-9-19-10-8-15)17-6-5-13-3-1-2-4-16(13)21-17/h1-6,12,15,19-20H,7-11,18H2/b14-12+. The van der Waals surface area contributed by atoms with Crippen molar-refractivity contribution in [1.29, 1.82) is 0 Å². The van der Waals surface area contributed by atoms with E-state index < -0.39 is 0 Å². The molecule has 2 heterocycles. The molecule has 110 valence electrons. The molecule has 1 aliphatic heterocycles. The predicted molar refractivity (Wildman–Crippen MR) is 87.8 cm³/mol. The Balaban J connectivity index is 1.79. The molecule has 0 bridgehead atoms. The van der Waals surface area contributed by atoms with Gasteiger partial charge >= 0.3 is 0 Å². The van der Waals surface area contributed by atoms with Crippen molar-refractivity contribution in [3.05, 3.63) is 48.3 Å². The molecule has 2 aromatic rings. The number of rotatable bonds is 4. The third-order valence-electron chi connectivity index (χ3n) is 3.98. The molecule has 0 radical (unpaired) electrons. The lowest BCUT2D eigenvalue weighted by atomic mass is 10.1. The molecule has 0 amide bonds. The van der Waals surface area contributed by atoms with Gasteiger partial charge in [-0.25, -0.2) is 4.98 Å². The van der Waals surface area contributed by atoms with Crippen LogP contribution in [0.15, 0.2) is 42.6 Å². The second-order valence-corrected chi connectivity index (χ2v) is 5.45. The molecule has 1 aliphatic rings. The van der Waals surface area contributed by atoms with Gasteiger partial charge < -0.3 is 16.4 Å². The van der Waals surface area contributed by atoms with Crippen molar-refractivity contribution in [3.8, 4) is 0 Å². The molecule has 1 aromatic carbocycles. The molecule has 1 aromatic heterocycles. The van der Waals surface area contributed by atoms with Crippen molar-refractivity contribution < 1.29 is 0 Å². The van der Waals surface area contributed by atoms with Crippen molar-refractivity contribution in [1.82, 2.24) is 15.6 Å². The summed E-state index contributed by atoms with van der Waals surface area (Å²) in [5.74, 6) is 0. The number of para-hydroxylation sites is 1. The van der Waals surface area contributed by atoms with Gasteiger partial charge in [0.2, 0.25) is 0 Å². The molecule has 0 spiro atoms. The van der Waals surface area contributed by atoms with Gasteiger partial charge in [-0.15, -0.1) is 0 Å². The van der Waals surface area contributed by atoms with Gasteiger partial charge in [-0.3, -0.25) is 0 Å². The smallest absolute Gasteiger partial charge is 0.0709 e. The van der Waals surface area contributed by atoms with E-state index in [0.29, 0.717) is 12.6 Å². The van der Waals surface area contributed by atoms with Crippen LogP contribution in [0.4, 0.5) is 0 Å². The first-order chi connectivity index (χ1) is 10.4. The number of benzene rings is 1. The van der Waals surface area contributed by atoms with Crippen molar-refractivity contribution in [2.45, 2.75) is 18.9 Å². The SMILES string of the molecule is NC/C(=C\NC1CCNCC1)c1ccc2ccccc2n1. The molecule has 21 heavy (non-hydrogen) atoms. The summed E-state index contributed by atoms with van der Waals surface area (Å²) in [4.78, 5) is 4.71. The maximum Gasteiger partial charge on any atom is 0.0709 e. The molecule has 4 nitrogen and oxygen atoms in total. The molecular weight excluding hydrogens is 260 g/mol. The molecule has 0 aliphatic carbocycles. The number of nitrogens with two attached hydrogens (primary N) is 1. The Morgan fingerprint density at radius 3 is 2.86 bits per heavy atom. The van der Waals surface area contributed by atoms with Gasteiger partial charge in [-0.2, -0.15) is 0 Å². The zero-order valence-corrected chi connectivity index (χ0v) is 12.2. The maximum atomic E-state index is 5.90. The van der Waals surface area contributed by atoms with Crippen LogP contribution in [0.2, 0.25) is 0 Å². The normalized spacial score (nSPS) is 17.1. The molecule has 3 rings (SSSR count). The quantitative estimate of drug-likeness (QED) is 0.801. The van der Waals surface area contributed by atoms with Crippen LogP contribution in [0.5, 0.6) is 0 Å². The van der Waals surface area contributed by atoms with Crippen LogP contribution in [-0.2, 0) is 0 Å². The second kappa shape index (κ2) is 6.70. The number of nitrogens with zero attached hydrogens (tertiary/aromatic N) is 1. The summed E-state index contributed by atoms with van der Waals surface area (Å²) in [6.07, 6.45) is 4.35. The highest BCUT2D eigenvalue weighted by atomic mass is 15.0. The van der Waals surface area contributed by atoms with Crippen LogP contribution in [0.1, 0.15) is 18.5 Å². The lowest BCUT2D eigenvalue weighted by Crippen LogP contribution is -2.37. The van der Waals surface area contributed by atoms with Gasteiger partial charge in [0, 0.05) is 29.7 Å². The highest BCUT2D eigenvalue weighted by Gasteiger charge is 2.11. The summed E-state index contributed by atoms with van der Waals surface area (Å²) in [5.41, 5.74) is 8.93. The minimum absolute atomic E-state index is 0.489. The van der Waals surface area contributed by atoms with Crippen LogP contribution >= 0.6 is 0 Å². The summed E-state index contributed by atoms with van der Waals surface area (Å²) in [7, 11) is 0. The number of pyridine rings is 1. The summed E-state index contributed by atoms with van der Waals surface area (Å²) in [6, 6.07) is 12.8. The van der Waals surface area contributed by atoms with Crippen molar-refractivity contribution >= 4 is 16.5 Å². The van der Waals surface area contributed by atoms with Gasteiger partial charge in [0.1, 0.15) is 0 Å². The maximum absolute atomic E-state index is 5.90. The summed E-state index contributed by atoms with van der Waals surface area (Å²) < 4.78 is 0. The highest BCUT2D eigenvalue weighted by molar-refractivity contribution is 5.81. The van der Waals surface area contributed by atoms with Gasteiger partial charge in [0.15, 0.2) is 0 Å². The first-order valence-electron chi connectivity index (χ1n) is 7.59. The summed E-state index contributed by atoms with van der Waals surface area (Å²) >= 11 is 0. The number of hydrogen-bond donors (Lipinski definition) is 3. The fourth-order valence-corrected chi connectivity index (χ4v) is 2.69. The van der Waals surface area contributed by atoms with Gasteiger partial charge in [0.25, 0.3) is 0 Å². The lowest BCUT2D eigenvalue weighted by Gasteiger charge is -2.23.